The van der Waals surface area contributed by atoms with Crippen LogP contribution < -0.4 is 5.32 Å². The van der Waals surface area contributed by atoms with Gasteiger partial charge < -0.3 is 4.74 Å². The predicted molar refractivity (Wildman–Crippen MR) is 76.2 cm³/mol. The smallest absolute Gasteiger partial charge is 0.327 e. The minimum atomic E-state index is -2.54. The number of hydrogen-bond donors (Lipinski definition) is 1. The van der Waals surface area contributed by atoms with Crippen LogP contribution in [-0.2, 0) is 9.53 Å². The first-order chi connectivity index (χ1) is 10.1. The number of rotatable bonds is 6. The second-order valence-corrected chi connectivity index (χ2v) is 5.30. The number of benzene rings is 1. The maximum absolute atomic E-state index is 12.8. The molecule has 116 valence electrons. The monoisotopic (exact) mass is 297 g/mol. The van der Waals surface area contributed by atoms with Gasteiger partial charge in [0, 0.05) is 11.6 Å². The lowest BCUT2D eigenvalue weighted by Crippen LogP contribution is -2.36. The molecule has 0 spiro atoms. The number of hydrogen-bond acceptors (Lipinski definition) is 3. The fourth-order valence-corrected chi connectivity index (χ4v) is 2.73. The second kappa shape index (κ2) is 7.50. The topological polar surface area (TPSA) is 38.3 Å². The molecule has 0 aliphatic heterocycles. The first kappa shape index (κ1) is 15.9. The lowest BCUT2D eigenvalue weighted by atomic mass is 10.0. The van der Waals surface area contributed by atoms with Gasteiger partial charge in [0.2, 0.25) is 0 Å². The highest BCUT2D eigenvalue weighted by atomic mass is 19.3. The maximum atomic E-state index is 12.8. The molecule has 1 atom stereocenters. The molecular formula is C16H21F2NO2. The first-order valence-corrected chi connectivity index (χ1v) is 7.42. The highest BCUT2D eigenvalue weighted by Crippen LogP contribution is 2.26. The molecule has 0 radical (unpaired) electrons. The van der Waals surface area contributed by atoms with Gasteiger partial charge in [-0.05, 0) is 31.4 Å². The Balaban J connectivity index is 2.20. The van der Waals surface area contributed by atoms with Crippen molar-refractivity contribution in [3.8, 4) is 0 Å². The Bertz CT molecular complexity index is 473. The summed E-state index contributed by atoms with van der Waals surface area (Å²) in [4.78, 5) is 12.1. The molecule has 1 aliphatic rings. The molecule has 1 N–H and O–H groups in total. The minimum Gasteiger partial charge on any atom is -0.465 e. The van der Waals surface area contributed by atoms with Crippen molar-refractivity contribution in [2.75, 3.05) is 6.61 Å². The molecule has 0 aromatic heterocycles. The number of esters is 1. The second-order valence-electron chi connectivity index (χ2n) is 5.30. The van der Waals surface area contributed by atoms with Gasteiger partial charge in [0.15, 0.2) is 0 Å². The average Bonchev–Trinajstić information content (AvgIpc) is 2.98. The summed E-state index contributed by atoms with van der Waals surface area (Å²) >= 11 is 0. The number of nitrogens with one attached hydrogen (secondary N) is 1. The maximum Gasteiger partial charge on any atom is 0.327 e. The van der Waals surface area contributed by atoms with Crippen LogP contribution in [0.4, 0.5) is 8.78 Å². The zero-order valence-electron chi connectivity index (χ0n) is 12.1. The zero-order valence-corrected chi connectivity index (χ0v) is 12.1. The molecule has 0 amide bonds. The summed E-state index contributed by atoms with van der Waals surface area (Å²) in [6.45, 7) is 2.01. The number of halogens is 2. The van der Waals surface area contributed by atoms with Gasteiger partial charge in [-0.25, -0.2) is 13.6 Å². The van der Waals surface area contributed by atoms with Gasteiger partial charge in [-0.3, -0.25) is 5.32 Å². The molecule has 2 rings (SSSR count). The van der Waals surface area contributed by atoms with Gasteiger partial charge in [-0.15, -0.1) is 0 Å². The SMILES string of the molecule is CCOC(=O)C(NC1CCCC1)c1cccc(C(F)F)c1. The summed E-state index contributed by atoms with van der Waals surface area (Å²) in [5.41, 5.74) is 0.466. The lowest BCUT2D eigenvalue weighted by Gasteiger charge is -2.22. The molecule has 0 bridgehead atoms. The van der Waals surface area contributed by atoms with Gasteiger partial charge in [-0.1, -0.05) is 31.0 Å². The fourth-order valence-electron chi connectivity index (χ4n) is 2.73. The van der Waals surface area contributed by atoms with Crippen LogP contribution in [0.15, 0.2) is 24.3 Å². The van der Waals surface area contributed by atoms with E-state index in [1.54, 1.807) is 19.1 Å². The minimum absolute atomic E-state index is 0.0741. The van der Waals surface area contributed by atoms with Crippen molar-refractivity contribution in [2.24, 2.45) is 0 Å². The largest absolute Gasteiger partial charge is 0.465 e. The lowest BCUT2D eigenvalue weighted by molar-refractivity contribution is -0.146. The molecule has 0 heterocycles. The normalized spacial score (nSPS) is 17.1. The average molecular weight is 297 g/mol. The third kappa shape index (κ3) is 4.24. The zero-order chi connectivity index (χ0) is 15.2. The molecule has 3 nitrogen and oxygen atoms in total. The Labute approximate surface area is 123 Å². The third-order valence-corrected chi connectivity index (χ3v) is 3.78. The molecule has 1 aromatic carbocycles. The summed E-state index contributed by atoms with van der Waals surface area (Å²) in [7, 11) is 0. The van der Waals surface area contributed by atoms with Crippen molar-refractivity contribution >= 4 is 5.97 Å². The van der Waals surface area contributed by atoms with Crippen LogP contribution in [0.3, 0.4) is 0 Å². The van der Waals surface area contributed by atoms with Crippen LogP contribution in [0.5, 0.6) is 0 Å². The number of carbonyl (C=O) groups excluding carboxylic acids is 1. The Morgan fingerprint density at radius 3 is 2.62 bits per heavy atom. The molecular weight excluding hydrogens is 276 g/mol. The molecule has 1 fully saturated rings. The summed E-state index contributed by atoms with van der Waals surface area (Å²) in [6.07, 6.45) is 1.72. The van der Waals surface area contributed by atoms with Crippen molar-refractivity contribution in [3.05, 3.63) is 35.4 Å². The fraction of sp³-hybridized carbons (Fsp3) is 0.562. The van der Waals surface area contributed by atoms with Gasteiger partial charge >= 0.3 is 5.97 Å². The molecule has 21 heavy (non-hydrogen) atoms. The molecule has 1 aliphatic carbocycles. The molecule has 1 aromatic rings. The van der Waals surface area contributed by atoms with Crippen molar-refractivity contribution in [3.63, 3.8) is 0 Å². The summed E-state index contributed by atoms with van der Waals surface area (Å²) < 4.78 is 30.7. The Morgan fingerprint density at radius 2 is 2.00 bits per heavy atom. The van der Waals surface area contributed by atoms with Gasteiger partial charge in [0.05, 0.1) is 6.61 Å². The highest BCUT2D eigenvalue weighted by Gasteiger charge is 2.27. The van der Waals surface area contributed by atoms with Gasteiger partial charge in [0.1, 0.15) is 6.04 Å². The van der Waals surface area contributed by atoms with Crippen LogP contribution in [0, 0.1) is 0 Å². The quantitative estimate of drug-likeness (QED) is 0.812. The number of ether oxygens (including phenoxy) is 1. The third-order valence-electron chi connectivity index (χ3n) is 3.78. The van der Waals surface area contributed by atoms with E-state index in [0.717, 1.165) is 25.7 Å². The highest BCUT2D eigenvalue weighted by molar-refractivity contribution is 5.77. The standard InChI is InChI=1S/C16H21F2NO2/c1-2-21-16(20)14(19-13-8-3-4-9-13)11-6-5-7-12(10-11)15(17)18/h5-7,10,13-15,19H,2-4,8-9H2,1H3. The summed E-state index contributed by atoms with van der Waals surface area (Å²) in [6, 6.07) is 5.57. The van der Waals surface area contributed by atoms with Crippen LogP contribution in [0.1, 0.15) is 56.2 Å². The molecule has 0 saturated heterocycles. The van der Waals surface area contributed by atoms with E-state index < -0.39 is 18.4 Å². The van der Waals surface area contributed by atoms with E-state index in [4.69, 9.17) is 4.74 Å². The first-order valence-electron chi connectivity index (χ1n) is 7.42. The van der Waals surface area contributed by atoms with E-state index in [1.807, 2.05) is 0 Å². The Morgan fingerprint density at radius 1 is 1.33 bits per heavy atom. The van der Waals surface area contributed by atoms with E-state index in [9.17, 15) is 13.6 Å². The van der Waals surface area contributed by atoms with Crippen LogP contribution >= 0.6 is 0 Å². The van der Waals surface area contributed by atoms with Gasteiger partial charge in [0.25, 0.3) is 6.43 Å². The van der Waals surface area contributed by atoms with E-state index in [2.05, 4.69) is 5.32 Å². The number of carbonyl (C=O) groups is 1. The Kier molecular flexibility index (Phi) is 5.67. The number of alkyl halides is 2. The van der Waals surface area contributed by atoms with Crippen molar-refractivity contribution < 1.29 is 18.3 Å². The Hall–Kier alpha value is -1.49. The van der Waals surface area contributed by atoms with Crippen molar-refractivity contribution in [2.45, 2.75) is 51.1 Å². The van der Waals surface area contributed by atoms with Crippen molar-refractivity contribution in [1.82, 2.24) is 5.32 Å². The van der Waals surface area contributed by atoms with Crippen LogP contribution in [-0.4, -0.2) is 18.6 Å². The summed E-state index contributed by atoms with van der Waals surface area (Å²) in [5, 5.41) is 3.26. The molecule has 1 saturated carbocycles. The van der Waals surface area contributed by atoms with E-state index in [-0.39, 0.29) is 18.2 Å². The summed E-state index contributed by atoms with van der Waals surface area (Å²) in [5.74, 6) is -0.407. The van der Waals surface area contributed by atoms with E-state index in [1.165, 1.54) is 12.1 Å². The van der Waals surface area contributed by atoms with Gasteiger partial charge in [-0.2, -0.15) is 0 Å². The molecule has 5 heteroatoms. The van der Waals surface area contributed by atoms with Crippen LogP contribution in [0.2, 0.25) is 0 Å². The van der Waals surface area contributed by atoms with Crippen LogP contribution in [0.25, 0.3) is 0 Å². The van der Waals surface area contributed by atoms with E-state index >= 15 is 0 Å². The van der Waals surface area contributed by atoms with E-state index in [0.29, 0.717) is 5.56 Å². The van der Waals surface area contributed by atoms with Crippen molar-refractivity contribution in [1.29, 1.82) is 0 Å². The molecule has 1 unspecified atom stereocenters. The predicted octanol–water partition coefficient (Wildman–Crippen LogP) is 3.76.